The van der Waals surface area contributed by atoms with Crippen LogP contribution in [0, 0.1) is 5.92 Å². The van der Waals surface area contributed by atoms with Crippen molar-refractivity contribution in [2.75, 3.05) is 72.6 Å². The van der Waals surface area contributed by atoms with E-state index in [2.05, 4.69) is 40.8 Å². The van der Waals surface area contributed by atoms with Crippen molar-refractivity contribution in [3.8, 4) is 0 Å². The molecule has 0 aliphatic carbocycles. The number of hydrogen-bond acceptors (Lipinski definition) is 4. The summed E-state index contributed by atoms with van der Waals surface area (Å²) in [5, 5.41) is 3.47. The molecule has 2 aliphatic heterocycles. The van der Waals surface area contributed by atoms with Crippen LogP contribution in [0.4, 0.5) is 0 Å². The van der Waals surface area contributed by atoms with Crippen LogP contribution in [0.1, 0.15) is 27.2 Å². The summed E-state index contributed by atoms with van der Waals surface area (Å²) < 4.78 is 5.31. The monoisotopic (exact) mass is 467 g/mol. The van der Waals surface area contributed by atoms with Gasteiger partial charge in [-0.05, 0) is 26.8 Å². The zero-order valence-electron chi connectivity index (χ0n) is 16.5. The maximum atomic E-state index is 5.31. The van der Waals surface area contributed by atoms with Gasteiger partial charge in [-0.1, -0.05) is 6.92 Å². The van der Waals surface area contributed by atoms with E-state index < -0.39 is 0 Å². The van der Waals surface area contributed by atoms with E-state index in [1.54, 1.807) is 7.11 Å². The maximum Gasteiger partial charge on any atom is 0.193 e. The summed E-state index contributed by atoms with van der Waals surface area (Å²) >= 11 is 0. The van der Waals surface area contributed by atoms with Gasteiger partial charge in [0.05, 0.1) is 13.2 Å². The number of ether oxygens (including phenoxy) is 1. The molecule has 2 saturated heterocycles. The SMILES string of the molecule is CCNC(=NCC(C)N1CCN(CC)CC1)N1CCC(COC)C1.I. The molecule has 148 valence electrons. The largest absolute Gasteiger partial charge is 0.384 e. The first kappa shape index (κ1) is 22.9. The Hall–Kier alpha value is -0.120. The standard InChI is InChI=1S/C18H37N5O.HI/c1-5-19-18(23-8-7-17(14-23)15-24-4)20-13-16(3)22-11-9-21(6-2)10-12-22;/h16-17H,5-15H2,1-4H3,(H,19,20);1H. The van der Waals surface area contributed by atoms with Crippen LogP contribution in [-0.2, 0) is 4.74 Å². The van der Waals surface area contributed by atoms with Crippen molar-refractivity contribution in [2.24, 2.45) is 10.9 Å². The molecule has 2 aliphatic rings. The van der Waals surface area contributed by atoms with Gasteiger partial charge in [-0.2, -0.15) is 0 Å². The third kappa shape index (κ3) is 7.19. The van der Waals surface area contributed by atoms with Crippen molar-refractivity contribution >= 4 is 29.9 Å². The third-order valence-electron chi connectivity index (χ3n) is 5.31. The molecule has 2 atom stereocenters. The van der Waals surface area contributed by atoms with E-state index in [-0.39, 0.29) is 24.0 Å². The first-order chi connectivity index (χ1) is 11.7. The Labute approximate surface area is 171 Å². The molecular formula is C18H38IN5O. The summed E-state index contributed by atoms with van der Waals surface area (Å²) in [7, 11) is 1.79. The van der Waals surface area contributed by atoms with E-state index in [1.165, 1.54) is 39.1 Å². The van der Waals surface area contributed by atoms with Gasteiger partial charge < -0.3 is 19.9 Å². The van der Waals surface area contributed by atoms with E-state index in [0.717, 1.165) is 38.7 Å². The van der Waals surface area contributed by atoms with Crippen molar-refractivity contribution in [2.45, 2.75) is 33.2 Å². The second-order valence-corrected chi connectivity index (χ2v) is 7.07. The summed E-state index contributed by atoms with van der Waals surface area (Å²) in [6, 6.07) is 0.509. The molecule has 2 rings (SSSR count). The molecule has 0 saturated carbocycles. The summed E-state index contributed by atoms with van der Waals surface area (Å²) in [5.41, 5.74) is 0. The number of piperazine rings is 1. The number of halogens is 1. The van der Waals surface area contributed by atoms with Crippen LogP contribution in [-0.4, -0.2) is 99.3 Å². The van der Waals surface area contributed by atoms with Crippen LogP contribution in [0.25, 0.3) is 0 Å². The third-order valence-corrected chi connectivity index (χ3v) is 5.31. The van der Waals surface area contributed by atoms with Crippen molar-refractivity contribution in [1.29, 1.82) is 0 Å². The van der Waals surface area contributed by atoms with Gasteiger partial charge in [0.1, 0.15) is 0 Å². The van der Waals surface area contributed by atoms with Gasteiger partial charge in [0.2, 0.25) is 0 Å². The highest BCUT2D eigenvalue weighted by Crippen LogP contribution is 2.16. The fourth-order valence-corrected chi connectivity index (χ4v) is 3.68. The molecule has 0 bridgehead atoms. The first-order valence-electron chi connectivity index (χ1n) is 9.66. The summed E-state index contributed by atoms with van der Waals surface area (Å²) in [6.45, 7) is 17.4. The lowest BCUT2D eigenvalue weighted by Crippen LogP contribution is -2.50. The molecule has 0 aromatic heterocycles. The molecule has 7 heteroatoms. The molecule has 1 N–H and O–H groups in total. The Kier molecular flexibility index (Phi) is 11.3. The van der Waals surface area contributed by atoms with Crippen LogP contribution in [0.2, 0.25) is 0 Å². The molecule has 0 spiro atoms. The van der Waals surface area contributed by atoms with Gasteiger partial charge in [0.25, 0.3) is 0 Å². The maximum absolute atomic E-state index is 5.31. The molecule has 0 amide bonds. The van der Waals surface area contributed by atoms with Crippen molar-refractivity contribution in [1.82, 2.24) is 20.0 Å². The number of aliphatic imine (C=N–C) groups is 1. The number of guanidine groups is 1. The molecule has 25 heavy (non-hydrogen) atoms. The second kappa shape index (κ2) is 12.3. The average molecular weight is 467 g/mol. The molecule has 0 aromatic carbocycles. The van der Waals surface area contributed by atoms with Gasteiger partial charge in [0.15, 0.2) is 5.96 Å². The summed E-state index contributed by atoms with van der Waals surface area (Å²) in [6.07, 6.45) is 1.20. The van der Waals surface area contributed by atoms with Gasteiger partial charge in [0, 0.05) is 64.9 Å². The van der Waals surface area contributed by atoms with Crippen molar-refractivity contribution in [3.05, 3.63) is 0 Å². The molecule has 6 nitrogen and oxygen atoms in total. The molecule has 0 radical (unpaired) electrons. The number of hydrogen-bond donors (Lipinski definition) is 1. The molecule has 2 unspecified atom stereocenters. The number of likely N-dealkylation sites (N-methyl/N-ethyl adjacent to an activating group) is 1. The Morgan fingerprint density at radius 2 is 1.92 bits per heavy atom. The van der Waals surface area contributed by atoms with Gasteiger partial charge in [-0.15, -0.1) is 24.0 Å². The van der Waals surface area contributed by atoms with Crippen molar-refractivity contribution < 1.29 is 4.74 Å². The number of rotatable bonds is 7. The number of methoxy groups -OCH3 is 1. The van der Waals surface area contributed by atoms with E-state index in [9.17, 15) is 0 Å². The fourth-order valence-electron chi connectivity index (χ4n) is 3.68. The Morgan fingerprint density at radius 1 is 1.20 bits per heavy atom. The highest BCUT2D eigenvalue weighted by atomic mass is 127. The molecular weight excluding hydrogens is 429 g/mol. The number of likely N-dealkylation sites (tertiary alicyclic amines) is 1. The topological polar surface area (TPSA) is 43.3 Å². The van der Waals surface area contributed by atoms with E-state index in [4.69, 9.17) is 9.73 Å². The van der Waals surface area contributed by atoms with Crippen LogP contribution in [0.5, 0.6) is 0 Å². The first-order valence-corrected chi connectivity index (χ1v) is 9.66. The fraction of sp³-hybridized carbons (Fsp3) is 0.944. The quantitative estimate of drug-likeness (QED) is 0.350. The highest BCUT2D eigenvalue weighted by molar-refractivity contribution is 14.0. The van der Waals surface area contributed by atoms with Crippen molar-refractivity contribution in [3.63, 3.8) is 0 Å². The summed E-state index contributed by atoms with van der Waals surface area (Å²) in [5.74, 6) is 1.72. The second-order valence-electron chi connectivity index (χ2n) is 7.07. The van der Waals surface area contributed by atoms with Crippen LogP contribution >= 0.6 is 24.0 Å². The zero-order chi connectivity index (χ0) is 17.4. The highest BCUT2D eigenvalue weighted by Gasteiger charge is 2.25. The average Bonchev–Trinajstić information content (AvgIpc) is 3.07. The number of nitrogens with one attached hydrogen (secondary N) is 1. The lowest BCUT2D eigenvalue weighted by atomic mass is 10.1. The van der Waals surface area contributed by atoms with Crippen LogP contribution in [0.3, 0.4) is 0 Å². The zero-order valence-corrected chi connectivity index (χ0v) is 18.9. The minimum absolute atomic E-state index is 0. The smallest absolute Gasteiger partial charge is 0.193 e. The lowest BCUT2D eigenvalue weighted by molar-refractivity contribution is 0.109. The van der Waals surface area contributed by atoms with E-state index in [1.807, 2.05) is 0 Å². The van der Waals surface area contributed by atoms with Gasteiger partial charge >= 0.3 is 0 Å². The normalized spacial score (nSPS) is 24.2. The molecule has 0 aromatic rings. The minimum Gasteiger partial charge on any atom is -0.384 e. The van der Waals surface area contributed by atoms with E-state index >= 15 is 0 Å². The van der Waals surface area contributed by atoms with Gasteiger partial charge in [-0.25, -0.2) is 0 Å². The predicted octanol–water partition coefficient (Wildman–Crippen LogP) is 1.56. The summed E-state index contributed by atoms with van der Waals surface area (Å²) in [4.78, 5) is 12.4. The molecule has 2 heterocycles. The number of nitrogens with zero attached hydrogens (tertiary/aromatic N) is 4. The van der Waals surface area contributed by atoms with Gasteiger partial charge in [-0.3, -0.25) is 9.89 Å². The Balaban J connectivity index is 0.00000312. The Morgan fingerprint density at radius 3 is 2.52 bits per heavy atom. The minimum atomic E-state index is 0. The Bertz CT molecular complexity index is 388. The van der Waals surface area contributed by atoms with Crippen LogP contribution in [0.15, 0.2) is 4.99 Å². The molecule has 2 fully saturated rings. The van der Waals surface area contributed by atoms with E-state index in [0.29, 0.717) is 12.0 Å². The van der Waals surface area contributed by atoms with Crippen LogP contribution < -0.4 is 5.32 Å². The predicted molar refractivity (Wildman–Crippen MR) is 116 cm³/mol. The lowest BCUT2D eigenvalue weighted by Gasteiger charge is -2.37.